The van der Waals surface area contributed by atoms with E-state index in [1.807, 2.05) is 0 Å². The van der Waals surface area contributed by atoms with Crippen molar-refractivity contribution < 1.29 is 104 Å². The smallest absolute Gasteiger partial charge is 0.338 e. The minimum atomic E-state index is -2.03. The normalized spacial score (nSPS) is 44.3. The number of aliphatic hydroxyl groups excluding tert-OH is 12. The zero-order valence-electron chi connectivity index (χ0n) is 51.5. The summed E-state index contributed by atoms with van der Waals surface area (Å²) >= 11 is 0. The van der Waals surface area contributed by atoms with E-state index in [2.05, 4.69) is 91.7 Å². The number of carbonyl (C=O) groups is 2. The molecule has 26 atom stereocenters. The number of hydrogen-bond donors (Lipinski definition) is 12. The molecule has 486 valence electrons. The van der Waals surface area contributed by atoms with Gasteiger partial charge in [-0.3, -0.25) is 4.79 Å². The molecule has 1 unspecified atom stereocenters. The second-order valence-electron chi connectivity index (χ2n) is 28.4. The lowest BCUT2D eigenvalue weighted by Crippen LogP contribution is -2.67. The van der Waals surface area contributed by atoms with Crippen LogP contribution in [0.2, 0.25) is 0 Å². The van der Waals surface area contributed by atoms with Gasteiger partial charge in [-0.05, 0) is 134 Å². The quantitative estimate of drug-likeness (QED) is 0.0291. The fourth-order valence-electron chi connectivity index (χ4n) is 17.0. The Bertz CT molecular complexity index is 2510. The number of aliphatic hydroxyl groups is 12. The third-order valence-corrected chi connectivity index (χ3v) is 22.5. The lowest BCUT2D eigenvalue weighted by Gasteiger charge is -2.71. The second-order valence-corrected chi connectivity index (χ2v) is 28.4. The number of allylic oxidation sites excluding steroid dienone is 2. The van der Waals surface area contributed by atoms with Gasteiger partial charge in [-0.2, -0.15) is 0 Å². The summed E-state index contributed by atoms with van der Waals surface area (Å²) in [6.07, 6.45) is -15.4. The minimum absolute atomic E-state index is 0.0283. The molecule has 3 heterocycles. The summed E-state index contributed by atoms with van der Waals surface area (Å²) in [5.41, 5.74) is -1.34. The van der Waals surface area contributed by atoms with Crippen molar-refractivity contribution in [2.24, 2.45) is 50.2 Å². The van der Waals surface area contributed by atoms with E-state index < -0.39 is 153 Å². The molecule has 21 heteroatoms. The molecule has 7 fully saturated rings. The predicted octanol–water partition coefficient (Wildman–Crippen LogP) is 2.73. The van der Waals surface area contributed by atoms with E-state index in [0.29, 0.717) is 38.5 Å². The Morgan fingerprint density at radius 3 is 2.00 bits per heavy atom. The van der Waals surface area contributed by atoms with Crippen molar-refractivity contribution in [2.45, 2.75) is 281 Å². The first-order valence-corrected chi connectivity index (χ1v) is 31.5. The summed E-state index contributed by atoms with van der Waals surface area (Å²) in [6, 6.07) is 0. The molecule has 5 aliphatic carbocycles. The first-order valence-electron chi connectivity index (χ1n) is 31.5. The molecule has 0 aromatic heterocycles. The lowest BCUT2D eigenvalue weighted by atomic mass is 9.33. The minimum Gasteiger partial charge on any atom is -0.458 e. The molecular formula is C65H100O21. The summed E-state index contributed by atoms with van der Waals surface area (Å²) in [7, 11) is 0. The van der Waals surface area contributed by atoms with Gasteiger partial charge in [0.25, 0.3) is 0 Å². The van der Waals surface area contributed by atoms with Gasteiger partial charge in [0.1, 0.15) is 85.5 Å². The van der Waals surface area contributed by atoms with E-state index in [1.165, 1.54) is 11.6 Å². The van der Waals surface area contributed by atoms with E-state index in [9.17, 15) is 70.9 Å². The summed E-state index contributed by atoms with van der Waals surface area (Å²) in [5, 5.41) is 130. The first-order chi connectivity index (χ1) is 40.5. The van der Waals surface area contributed by atoms with Gasteiger partial charge in [-0.1, -0.05) is 117 Å². The Hall–Kier alpha value is -3.14. The third-order valence-electron chi connectivity index (χ3n) is 22.5. The zero-order valence-corrected chi connectivity index (χ0v) is 51.5. The Morgan fingerprint density at radius 1 is 0.709 bits per heavy atom. The van der Waals surface area contributed by atoms with Crippen LogP contribution in [0.15, 0.2) is 24.3 Å². The Kier molecular flexibility index (Phi) is 21.9. The van der Waals surface area contributed by atoms with Crippen molar-refractivity contribution in [3.63, 3.8) is 0 Å². The number of esters is 2. The van der Waals surface area contributed by atoms with Crippen LogP contribution in [0, 0.1) is 73.9 Å². The predicted molar refractivity (Wildman–Crippen MR) is 309 cm³/mol. The molecule has 0 bridgehead atoms. The van der Waals surface area contributed by atoms with Gasteiger partial charge in [0.15, 0.2) is 18.7 Å². The molecule has 8 rings (SSSR count). The number of rotatable bonds is 19. The van der Waals surface area contributed by atoms with Crippen LogP contribution in [-0.2, 0) is 42.7 Å². The molecule has 0 spiro atoms. The maximum absolute atomic E-state index is 14.9. The fourth-order valence-corrected chi connectivity index (χ4v) is 17.0. The van der Waals surface area contributed by atoms with Gasteiger partial charge in [0.2, 0.25) is 6.29 Å². The molecule has 12 N–H and O–H groups in total. The summed E-state index contributed by atoms with van der Waals surface area (Å²) in [6.45, 7) is 20.0. The van der Waals surface area contributed by atoms with Gasteiger partial charge < -0.3 is 94.4 Å². The van der Waals surface area contributed by atoms with Crippen LogP contribution >= 0.6 is 0 Å². The molecule has 21 nitrogen and oxygen atoms in total. The average molecular weight is 1220 g/mol. The van der Waals surface area contributed by atoms with Crippen molar-refractivity contribution in [1.29, 1.82) is 0 Å². The second kappa shape index (κ2) is 27.4. The van der Waals surface area contributed by atoms with Crippen LogP contribution in [0.4, 0.5) is 0 Å². The molecule has 3 saturated heterocycles. The van der Waals surface area contributed by atoms with Crippen molar-refractivity contribution in [2.75, 3.05) is 13.2 Å². The van der Waals surface area contributed by atoms with Crippen LogP contribution in [-0.4, -0.2) is 203 Å². The highest BCUT2D eigenvalue weighted by molar-refractivity contribution is 5.79. The molecule has 0 aromatic carbocycles. The van der Waals surface area contributed by atoms with Gasteiger partial charge >= 0.3 is 11.9 Å². The van der Waals surface area contributed by atoms with Crippen LogP contribution in [0.25, 0.3) is 0 Å². The Labute approximate surface area is 506 Å². The fraction of sp³-hybridized carbons (Fsp3) is 0.846. The monoisotopic (exact) mass is 1220 g/mol. The highest BCUT2D eigenvalue weighted by atomic mass is 16.8. The first kappa shape index (κ1) is 68.8. The molecule has 8 aliphatic rings. The molecule has 86 heavy (non-hydrogen) atoms. The van der Waals surface area contributed by atoms with Crippen LogP contribution in [0.5, 0.6) is 0 Å². The molecule has 0 amide bonds. The topological polar surface area (TPSA) is 342 Å². The van der Waals surface area contributed by atoms with Crippen molar-refractivity contribution in [3.8, 4) is 23.7 Å². The molecular weight excluding hydrogens is 1120 g/mol. The van der Waals surface area contributed by atoms with Crippen LogP contribution < -0.4 is 0 Å². The van der Waals surface area contributed by atoms with E-state index in [0.717, 1.165) is 57.8 Å². The Balaban J connectivity index is 1.05. The highest BCUT2D eigenvalue weighted by Crippen LogP contribution is 2.76. The van der Waals surface area contributed by atoms with Crippen LogP contribution in [0.3, 0.4) is 0 Å². The maximum Gasteiger partial charge on any atom is 0.338 e. The van der Waals surface area contributed by atoms with Crippen LogP contribution in [0.1, 0.15) is 165 Å². The number of carbonyl (C=O) groups excluding carboxylic acids is 2. The molecule has 4 saturated carbocycles. The summed E-state index contributed by atoms with van der Waals surface area (Å²) in [4.78, 5) is 29.3. The van der Waals surface area contributed by atoms with E-state index in [4.69, 9.17) is 33.2 Å². The molecule has 3 aliphatic heterocycles. The largest absolute Gasteiger partial charge is 0.458 e. The Morgan fingerprint density at radius 2 is 1.35 bits per heavy atom. The van der Waals surface area contributed by atoms with E-state index in [1.54, 1.807) is 0 Å². The molecule has 0 aromatic rings. The summed E-state index contributed by atoms with van der Waals surface area (Å²) < 4.78 is 43.0. The van der Waals surface area contributed by atoms with E-state index >= 15 is 0 Å². The summed E-state index contributed by atoms with van der Waals surface area (Å²) in [5.74, 6) is 8.65. The number of hydrogen-bond acceptors (Lipinski definition) is 21. The molecule has 0 radical (unpaired) electrons. The number of ether oxygens (including phenoxy) is 7. The zero-order chi connectivity index (χ0) is 63.1. The van der Waals surface area contributed by atoms with Gasteiger partial charge in [-0.25, -0.2) is 4.79 Å². The van der Waals surface area contributed by atoms with Crippen molar-refractivity contribution in [3.05, 3.63) is 24.3 Å². The average Bonchev–Trinajstić information content (AvgIpc) is 0.679. The SMILES string of the molecule is C=C[C@@H](O)C#CC#CC[C@@H](O)[C@@H](CCCCCCC)OC(=O)[C@H]1O[C@@H](O[C@H]2CC[C@@]3(C)C(CC[C@]4(C)[C@@H]3CC=C3[C@@H]5CC(C)(C)CC[C@]5(C(=O)O[C@@H]5O[C@H](CO)[C@@H](O)[C@H](O)[C@H]5O)CC[C@]34C)C2(C)C)[C@H](O[C@@H]2O[C@H](CO)[C@@H](O)[C@H](O)[C@H]2O)[C@@H](O)[C@@H]1O. The highest BCUT2D eigenvalue weighted by Gasteiger charge is 2.70. The van der Waals surface area contributed by atoms with E-state index in [-0.39, 0.29) is 52.3 Å². The maximum atomic E-state index is 14.9. The third kappa shape index (κ3) is 13.0. The number of unbranched alkanes of at least 4 members (excludes halogenated alkanes) is 4. The van der Waals surface area contributed by atoms with Gasteiger partial charge in [0, 0.05) is 6.42 Å². The standard InChI is InChI=1S/C65H100O21/c1-10-12-13-14-18-21-39(38(69)20-17-15-16-19-35(68)11-2)80-55(78)53-49(74)50(75)54(85-56-51(76)47(72)45(70)40(33-66)81-56)58(84-53)83-44-25-26-62(7)42(61(44,5)6)24-27-64(9)43(62)23-22-36-37-32-60(3,4)28-30-65(37,31-29-63(36,64)8)59(79)86-57-52(77)48(73)46(71)41(34-67)82-57/h11,22,35,37-54,56-58,66-77H,2,10,12-14,18,20-21,23-34H2,1,3-9H3/t35-,37+,38-,39-,40-,41-,42?,43-,44+,45-,46-,47+,48+,49+,50+,51-,52-,53+,54-,56+,57+,58-,62+,63-,64-,65+/m1/s1. The van der Waals surface area contributed by atoms with Gasteiger partial charge in [-0.15, -0.1) is 0 Å². The van der Waals surface area contributed by atoms with Crippen molar-refractivity contribution in [1.82, 2.24) is 0 Å². The number of fused-ring (bicyclic) bond motifs is 7. The van der Waals surface area contributed by atoms with Crippen molar-refractivity contribution >= 4 is 11.9 Å². The lowest BCUT2D eigenvalue weighted by molar-refractivity contribution is -0.375. The van der Waals surface area contributed by atoms with Gasteiger partial charge in [0.05, 0.1) is 24.7 Å².